The lowest BCUT2D eigenvalue weighted by Gasteiger charge is -1.99. The Hall–Kier alpha value is -2.03. The van der Waals surface area contributed by atoms with E-state index in [1.165, 1.54) is 34.1 Å². The maximum absolute atomic E-state index is 11.6. The zero-order valence-corrected chi connectivity index (χ0v) is 13.1. The lowest BCUT2D eigenvalue weighted by molar-refractivity contribution is -0.116. The van der Waals surface area contributed by atoms with Gasteiger partial charge in [-0.15, -0.1) is 22.7 Å². The van der Waals surface area contributed by atoms with E-state index in [9.17, 15) is 9.59 Å². The third-order valence-corrected chi connectivity index (χ3v) is 4.52. The lowest BCUT2D eigenvalue weighted by Crippen LogP contribution is -2.23. The summed E-state index contributed by atoms with van der Waals surface area (Å²) in [6, 6.07) is 1.82. The predicted octanol–water partition coefficient (Wildman–Crippen LogP) is 1.77. The summed E-state index contributed by atoms with van der Waals surface area (Å²) in [6.45, 7) is 0.380. The molecule has 3 N–H and O–H groups in total. The van der Waals surface area contributed by atoms with Crippen LogP contribution in [-0.2, 0) is 17.8 Å². The summed E-state index contributed by atoms with van der Waals surface area (Å²) in [6.07, 6.45) is 3.60. The first-order valence-corrected chi connectivity index (χ1v) is 8.16. The van der Waals surface area contributed by atoms with E-state index in [1.54, 1.807) is 6.08 Å². The van der Waals surface area contributed by atoms with Crippen molar-refractivity contribution in [3.05, 3.63) is 44.0 Å². The number of nitrogens with one attached hydrogen (secondary N) is 1. The quantitative estimate of drug-likeness (QED) is 0.668. The number of aliphatic hydroxyl groups is 1. The smallest absolute Gasteiger partial charge is 0.355 e. The maximum Gasteiger partial charge on any atom is 0.355 e. The van der Waals surface area contributed by atoms with Crippen LogP contribution < -0.4 is 5.32 Å². The second-order valence-corrected chi connectivity index (χ2v) is 6.21. The number of nitrogens with zero attached hydrogens (tertiary/aromatic N) is 1. The number of carbonyl (C=O) groups excluding carboxylic acids is 1. The minimum Gasteiger partial charge on any atom is -0.476 e. The molecule has 0 aliphatic heterocycles. The Bertz CT molecular complexity index is 691. The molecular weight excluding hydrogens is 324 g/mol. The molecule has 8 heteroatoms. The number of hydrogen-bond acceptors (Lipinski definition) is 6. The van der Waals surface area contributed by atoms with Crippen LogP contribution in [0.25, 0.3) is 6.08 Å². The Morgan fingerprint density at radius 1 is 1.32 bits per heavy atom. The summed E-state index contributed by atoms with van der Waals surface area (Å²) in [4.78, 5) is 27.2. The van der Waals surface area contributed by atoms with E-state index in [4.69, 9.17) is 10.2 Å². The molecule has 0 fully saturated rings. The third-order valence-electron chi connectivity index (χ3n) is 2.66. The first kappa shape index (κ1) is 16.3. The minimum absolute atomic E-state index is 0.0112. The topological polar surface area (TPSA) is 99.5 Å². The molecule has 0 bridgehead atoms. The highest BCUT2D eigenvalue weighted by Crippen LogP contribution is 2.16. The minimum atomic E-state index is -1.05. The highest BCUT2D eigenvalue weighted by atomic mass is 32.1. The van der Waals surface area contributed by atoms with Gasteiger partial charge in [0.15, 0.2) is 5.69 Å². The molecule has 2 aromatic rings. The molecule has 0 atom stereocenters. The van der Waals surface area contributed by atoms with Crippen molar-refractivity contribution in [3.63, 3.8) is 0 Å². The molecule has 0 saturated carbocycles. The van der Waals surface area contributed by atoms with Gasteiger partial charge in [-0.05, 0) is 23.1 Å². The van der Waals surface area contributed by atoms with Crippen molar-refractivity contribution >= 4 is 40.6 Å². The van der Waals surface area contributed by atoms with Gasteiger partial charge >= 0.3 is 5.97 Å². The summed E-state index contributed by atoms with van der Waals surface area (Å²) >= 11 is 2.71. The molecule has 0 unspecified atom stereocenters. The van der Waals surface area contributed by atoms with Crippen LogP contribution in [0.5, 0.6) is 0 Å². The van der Waals surface area contributed by atoms with Crippen LogP contribution in [0, 0.1) is 0 Å². The van der Waals surface area contributed by atoms with Crippen molar-refractivity contribution in [1.82, 2.24) is 10.3 Å². The summed E-state index contributed by atoms with van der Waals surface area (Å²) in [5.41, 5.74) is 0.853. The van der Waals surface area contributed by atoms with Crippen LogP contribution in [0.3, 0.4) is 0 Å². The summed E-state index contributed by atoms with van der Waals surface area (Å²) in [5, 5.41) is 24.4. The number of thiophene rings is 1. The van der Waals surface area contributed by atoms with Crippen LogP contribution in [0.2, 0.25) is 0 Å². The van der Waals surface area contributed by atoms with Gasteiger partial charge in [0.25, 0.3) is 0 Å². The second kappa shape index (κ2) is 7.83. The molecule has 0 spiro atoms. The number of aromatic carboxylic acids is 1. The monoisotopic (exact) mass is 338 g/mol. The van der Waals surface area contributed by atoms with Gasteiger partial charge in [-0.3, -0.25) is 4.79 Å². The van der Waals surface area contributed by atoms with E-state index in [-0.39, 0.29) is 18.2 Å². The van der Waals surface area contributed by atoms with E-state index in [2.05, 4.69) is 10.3 Å². The van der Waals surface area contributed by atoms with Gasteiger partial charge in [0, 0.05) is 29.3 Å². The van der Waals surface area contributed by atoms with Crippen LogP contribution in [-0.4, -0.2) is 33.6 Å². The Morgan fingerprint density at radius 2 is 2.14 bits per heavy atom. The SMILES string of the molecule is O=C(C=Cc1cc(CO)cs1)NCCc1nc(C(=O)O)cs1. The maximum atomic E-state index is 11.6. The fraction of sp³-hybridized carbons (Fsp3) is 0.214. The number of aromatic nitrogens is 1. The van der Waals surface area contributed by atoms with Crippen molar-refractivity contribution < 1.29 is 19.8 Å². The molecule has 2 rings (SSSR count). The van der Waals surface area contributed by atoms with Crippen LogP contribution in [0.4, 0.5) is 0 Å². The normalized spacial score (nSPS) is 11.0. The molecule has 0 aromatic carbocycles. The number of carboxylic acids is 1. The highest BCUT2D eigenvalue weighted by molar-refractivity contribution is 7.11. The highest BCUT2D eigenvalue weighted by Gasteiger charge is 2.08. The zero-order valence-electron chi connectivity index (χ0n) is 11.5. The van der Waals surface area contributed by atoms with Crippen molar-refractivity contribution in [3.8, 4) is 0 Å². The number of amides is 1. The summed E-state index contributed by atoms with van der Waals surface area (Å²) in [7, 11) is 0. The van der Waals surface area contributed by atoms with Crippen LogP contribution in [0.1, 0.15) is 25.9 Å². The number of carbonyl (C=O) groups is 2. The Labute approximate surface area is 134 Å². The third kappa shape index (κ3) is 4.76. The van der Waals surface area contributed by atoms with E-state index >= 15 is 0 Å². The molecule has 116 valence electrons. The second-order valence-electron chi connectivity index (χ2n) is 4.32. The summed E-state index contributed by atoms with van der Waals surface area (Å²) < 4.78 is 0. The number of aliphatic hydroxyl groups excluding tert-OH is 1. The Morgan fingerprint density at radius 3 is 2.77 bits per heavy atom. The van der Waals surface area contributed by atoms with Crippen LogP contribution >= 0.6 is 22.7 Å². The van der Waals surface area contributed by atoms with Crippen molar-refractivity contribution in [2.75, 3.05) is 6.54 Å². The van der Waals surface area contributed by atoms with Crippen molar-refractivity contribution in [2.45, 2.75) is 13.0 Å². The average Bonchev–Trinajstić information content (AvgIpc) is 3.14. The molecular formula is C14H14N2O4S2. The Kier molecular flexibility index (Phi) is 5.82. The molecule has 2 heterocycles. The van der Waals surface area contributed by atoms with Gasteiger partial charge in [0.1, 0.15) is 0 Å². The van der Waals surface area contributed by atoms with Gasteiger partial charge < -0.3 is 15.5 Å². The van der Waals surface area contributed by atoms with Gasteiger partial charge in [-0.25, -0.2) is 9.78 Å². The number of carboxylic acid groups (broad SMARTS) is 1. The van der Waals surface area contributed by atoms with Gasteiger partial charge in [-0.1, -0.05) is 0 Å². The average molecular weight is 338 g/mol. The molecule has 6 nitrogen and oxygen atoms in total. The largest absolute Gasteiger partial charge is 0.476 e. The molecule has 2 aromatic heterocycles. The van der Waals surface area contributed by atoms with Gasteiger partial charge in [-0.2, -0.15) is 0 Å². The standard InChI is InChI=1S/C14H14N2O4S2/c17-6-9-5-10(21-7-9)1-2-12(18)15-4-3-13-16-11(8-22-13)14(19)20/h1-2,5,7-8,17H,3-4,6H2,(H,15,18)(H,19,20). The Balaban J connectivity index is 1.76. The molecule has 1 amide bonds. The lowest BCUT2D eigenvalue weighted by atomic mass is 10.3. The number of rotatable bonds is 7. The van der Waals surface area contributed by atoms with Crippen LogP contribution in [0.15, 0.2) is 22.9 Å². The van der Waals surface area contributed by atoms with E-state index in [0.717, 1.165) is 10.4 Å². The zero-order chi connectivity index (χ0) is 15.9. The fourth-order valence-electron chi connectivity index (χ4n) is 1.60. The number of thiazole rings is 1. The molecule has 22 heavy (non-hydrogen) atoms. The van der Waals surface area contributed by atoms with Crippen molar-refractivity contribution in [2.24, 2.45) is 0 Å². The molecule has 0 aliphatic carbocycles. The van der Waals surface area contributed by atoms with E-state index in [0.29, 0.717) is 18.0 Å². The van der Waals surface area contributed by atoms with E-state index < -0.39 is 5.97 Å². The predicted molar refractivity (Wildman–Crippen MR) is 85.1 cm³/mol. The molecule has 0 radical (unpaired) electrons. The fourth-order valence-corrected chi connectivity index (χ4v) is 3.17. The number of hydrogen-bond donors (Lipinski definition) is 3. The van der Waals surface area contributed by atoms with E-state index in [1.807, 2.05) is 11.4 Å². The molecule has 0 aliphatic rings. The van der Waals surface area contributed by atoms with Gasteiger partial charge in [0.2, 0.25) is 5.91 Å². The van der Waals surface area contributed by atoms with Crippen molar-refractivity contribution in [1.29, 1.82) is 0 Å². The summed E-state index contributed by atoms with van der Waals surface area (Å²) in [5.74, 6) is -1.28. The molecule has 0 saturated heterocycles. The van der Waals surface area contributed by atoms with Gasteiger partial charge in [0.05, 0.1) is 11.6 Å². The first-order chi connectivity index (χ1) is 10.6. The first-order valence-electron chi connectivity index (χ1n) is 6.40.